The first-order valence-corrected chi connectivity index (χ1v) is 10.4. The maximum absolute atomic E-state index is 12.5. The summed E-state index contributed by atoms with van der Waals surface area (Å²) < 4.78 is 17.4. The number of ether oxygens (including phenoxy) is 3. The van der Waals surface area contributed by atoms with E-state index >= 15 is 0 Å². The number of aryl methyl sites for hydroxylation is 1. The molecule has 0 atom stereocenters. The van der Waals surface area contributed by atoms with Crippen LogP contribution in [0.1, 0.15) is 39.0 Å². The number of anilines is 1. The van der Waals surface area contributed by atoms with Crippen molar-refractivity contribution in [3.8, 4) is 11.5 Å². The fraction of sp³-hybridized carbons (Fsp3) is 0.240. The Hall–Kier alpha value is -4.07. The van der Waals surface area contributed by atoms with Gasteiger partial charge in [-0.05, 0) is 63.2 Å². The molecule has 0 saturated carbocycles. The summed E-state index contributed by atoms with van der Waals surface area (Å²) in [6.45, 7) is 5.53. The standard InChI is InChI=1S/C25H26N2O6/c1-5-32-25(30)21-14-16(2)27(17(21)3)15-23(28)33-19-12-10-18(11-13-19)26-24(29)20-8-6-7-9-22(20)31-4/h6-14H,5,15H2,1-4H3,(H,26,29). The molecule has 172 valence electrons. The summed E-state index contributed by atoms with van der Waals surface area (Å²) in [7, 11) is 1.50. The first-order chi connectivity index (χ1) is 15.8. The molecule has 8 nitrogen and oxygen atoms in total. The predicted molar refractivity (Wildman–Crippen MR) is 123 cm³/mol. The van der Waals surface area contributed by atoms with Gasteiger partial charge in [0.2, 0.25) is 0 Å². The molecule has 1 N–H and O–H groups in total. The van der Waals surface area contributed by atoms with Crippen molar-refractivity contribution in [1.29, 1.82) is 0 Å². The molecule has 0 fully saturated rings. The number of rotatable bonds is 8. The Labute approximate surface area is 192 Å². The van der Waals surface area contributed by atoms with Crippen molar-refractivity contribution in [2.75, 3.05) is 19.0 Å². The van der Waals surface area contributed by atoms with Crippen LogP contribution < -0.4 is 14.8 Å². The first kappa shape index (κ1) is 23.6. The highest BCUT2D eigenvalue weighted by Crippen LogP contribution is 2.21. The lowest BCUT2D eigenvalue weighted by Crippen LogP contribution is -2.18. The average Bonchev–Trinajstić information content (AvgIpc) is 3.08. The highest BCUT2D eigenvalue weighted by molar-refractivity contribution is 6.06. The maximum Gasteiger partial charge on any atom is 0.339 e. The molecule has 0 bridgehead atoms. The molecule has 0 aliphatic rings. The number of nitrogens with one attached hydrogen (secondary N) is 1. The normalized spacial score (nSPS) is 10.4. The van der Waals surface area contributed by atoms with Crippen molar-refractivity contribution in [2.24, 2.45) is 0 Å². The first-order valence-electron chi connectivity index (χ1n) is 10.4. The Morgan fingerprint density at radius 2 is 1.67 bits per heavy atom. The van der Waals surface area contributed by atoms with Crippen LogP contribution >= 0.6 is 0 Å². The fourth-order valence-corrected chi connectivity index (χ4v) is 3.39. The van der Waals surface area contributed by atoms with Crippen molar-refractivity contribution >= 4 is 23.5 Å². The lowest BCUT2D eigenvalue weighted by molar-refractivity contribution is -0.135. The number of hydrogen-bond donors (Lipinski definition) is 1. The Kier molecular flexibility index (Phi) is 7.50. The molecule has 0 spiro atoms. The molecule has 1 aromatic heterocycles. The van der Waals surface area contributed by atoms with Crippen molar-refractivity contribution in [3.05, 3.63) is 77.1 Å². The molecule has 8 heteroatoms. The van der Waals surface area contributed by atoms with Crippen LogP contribution in [0.25, 0.3) is 0 Å². The van der Waals surface area contributed by atoms with E-state index in [9.17, 15) is 14.4 Å². The summed E-state index contributed by atoms with van der Waals surface area (Å²) in [5.74, 6) is -0.409. The van der Waals surface area contributed by atoms with Gasteiger partial charge in [-0.3, -0.25) is 4.79 Å². The zero-order chi connectivity index (χ0) is 24.0. The van der Waals surface area contributed by atoms with Crippen LogP contribution in [0.4, 0.5) is 5.69 Å². The van der Waals surface area contributed by atoms with Crippen LogP contribution in [0, 0.1) is 13.8 Å². The number of carbonyl (C=O) groups is 3. The SMILES string of the molecule is CCOC(=O)c1cc(C)n(CC(=O)Oc2ccc(NC(=O)c3ccccc3OC)cc2)c1C. The number of esters is 2. The van der Waals surface area contributed by atoms with E-state index in [2.05, 4.69) is 5.32 Å². The second-order valence-corrected chi connectivity index (χ2v) is 7.24. The molecule has 1 amide bonds. The van der Waals surface area contributed by atoms with Gasteiger partial charge in [-0.2, -0.15) is 0 Å². The van der Waals surface area contributed by atoms with E-state index in [0.29, 0.717) is 34.0 Å². The van der Waals surface area contributed by atoms with Crippen LogP contribution in [0.15, 0.2) is 54.6 Å². The van der Waals surface area contributed by atoms with Gasteiger partial charge in [-0.25, -0.2) is 9.59 Å². The smallest absolute Gasteiger partial charge is 0.339 e. The molecule has 0 aliphatic heterocycles. The van der Waals surface area contributed by atoms with Crippen LogP contribution in [0.2, 0.25) is 0 Å². The molecule has 33 heavy (non-hydrogen) atoms. The zero-order valence-corrected chi connectivity index (χ0v) is 19.0. The zero-order valence-electron chi connectivity index (χ0n) is 19.0. The lowest BCUT2D eigenvalue weighted by Gasteiger charge is -2.11. The summed E-state index contributed by atoms with van der Waals surface area (Å²) in [6.07, 6.45) is 0. The Balaban J connectivity index is 1.63. The van der Waals surface area contributed by atoms with E-state index in [1.54, 1.807) is 73.0 Å². The van der Waals surface area contributed by atoms with E-state index in [-0.39, 0.29) is 19.1 Å². The third-order valence-corrected chi connectivity index (χ3v) is 5.05. The minimum absolute atomic E-state index is 0.0522. The number of methoxy groups -OCH3 is 1. The highest BCUT2D eigenvalue weighted by Gasteiger charge is 2.19. The minimum Gasteiger partial charge on any atom is -0.496 e. The summed E-state index contributed by atoms with van der Waals surface area (Å²) in [5.41, 5.74) is 2.77. The fourth-order valence-electron chi connectivity index (χ4n) is 3.39. The van der Waals surface area contributed by atoms with Crippen molar-refractivity contribution in [2.45, 2.75) is 27.3 Å². The molecule has 0 aliphatic carbocycles. The van der Waals surface area contributed by atoms with Gasteiger partial charge in [0.15, 0.2) is 0 Å². The molecule has 3 rings (SSSR count). The third kappa shape index (κ3) is 5.60. The van der Waals surface area contributed by atoms with Crippen molar-refractivity contribution < 1.29 is 28.6 Å². The number of amides is 1. The second-order valence-electron chi connectivity index (χ2n) is 7.24. The van der Waals surface area contributed by atoms with Gasteiger partial charge < -0.3 is 24.1 Å². The second kappa shape index (κ2) is 10.5. The summed E-state index contributed by atoms with van der Waals surface area (Å²) in [6, 6.07) is 15.1. The number of carbonyl (C=O) groups excluding carboxylic acids is 3. The summed E-state index contributed by atoms with van der Waals surface area (Å²) >= 11 is 0. The number of hydrogen-bond acceptors (Lipinski definition) is 6. The van der Waals surface area contributed by atoms with Crippen LogP contribution in [0.5, 0.6) is 11.5 Å². The average molecular weight is 450 g/mol. The Bertz CT molecular complexity index is 1160. The van der Waals surface area contributed by atoms with Gasteiger partial charge in [0.1, 0.15) is 18.0 Å². The molecule has 1 heterocycles. The van der Waals surface area contributed by atoms with Gasteiger partial charge in [0.25, 0.3) is 5.91 Å². The van der Waals surface area contributed by atoms with Gasteiger partial charge in [0, 0.05) is 17.1 Å². The van der Waals surface area contributed by atoms with Crippen molar-refractivity contribution in [1.82, 2.24) is 4.57 Å². The van der Waals surface area contributed by atoms with Gasteiger partial charge in [0.05, 0.1) is 24.8 Å². The highest BCUT2D eigenvalue weighted by atomic mass is 16.5. The number of para-hydroxylation sites is 1. The maximum atomic E-state index is 12.5. The molecule has 0 radical (unpaired) electrons. The molecule has 0 unspecified atom stereocenters. The molecule has 0 saturated heterocycles. The van der Waals surface area contributed by atoms with E-state index < -0.39 is 11.9 Å². The number of nitrogens with zero attached hydrogens (tertiary/aromatic N) is 1. The van der Waals surface area contributed by atoms with Gasteiger partial charge in [-0.15, -0.1) is 0 Å². The topological polar surface area (TPSA) is 95.9 Å². The van der Waals surface area contributed by atoms with E-state index in [4.69, 9.17) is 14.2 Å². The quantitative estimate of drug-likeness (QED) is 0.409. The minimum atomic E-state index is -0.488. The molecule has 3 aromatic rings. The Morgan fingerprint density at radius 1 is 0.970 bits per heavy atom. The van der Waals surface area contributed by atoms with Crippen LogP contribution in [-0.4, -0.2) is 36.1 Å². The van der Waals surface area contributed by atoms with Gasteiger partial charge in [-0.1, -0.05) is 12.1 Å². The predicted octanol–water partition coefficient (Wildman–Crippen LogP) is 4.15. The third-order valence-electron chi connectivity index (χ3n) is 5.05. The van der Waals surface area contributed by atoms with Crippen LogP contribution in [-0.2, 0) is 16.1 Å². The Morgan fingerprint density at radius 3 is 2.33 bits per heavy atom. The lowest BCUT2D eigenvalue weighted by atomic mass is 10.2. The van der Waals surface area contributed by atoms with E-state index in [0.717, 1.165) is 5.69 Å². The van der Waals surface area contributed by atoms with Crippen LogP contribution in [0.3, 0.4) is 0 Å². The largest absolute Gasteiger partial charge is 0.496 e. The van der Waals surface area contributed by atoms with E-state index in [1.807, 2.05) is 6.92 Å². The monoisotopic (exact) mass is 450 g/mol. The summed E-state index contributed by atoms with van der Waals surface area (Å²) in [4.78, 5) is 37.0. The van der Waals surface area contributed by atoms with Crippen molar-refractivity contribution in [3.63, 3.8) is 0 Å². The number of benzene rings is 2. The number of aromatic nitrogens is 1. The molecule has 2 aromatic carbocycles. The van der Waals surface area contributed by atoms with E-state index in [1.165, 1.54) is 7.11 Å². The summed E-state index contributed by atoms with van der Waals surface area (Å²) in [5, 5.41) is 2.78. The van der Waals surface area contributed by atoms with Gasteiger partial charge >= 0.3 is 11.9 Å². The molecular weight excluding hydrogens is 424 g/mol. The molecular formula is C25H26N2O6.